The zero-order chi connectivity index (χ0) is 24.4. The molecule has 180 valence electrons. The minimum atomic E-state index is -0.570. The minimum Gasteiger partial charge on any atom is -0.494 e. The summed E-state index contributed by atoms with van der Waals surface area (Å²) in [5.41, 5.74) is 6.21. The van der Waals surface area contributed by atoms with E-state index in [9.17, 15) is 4.79 Å². The molecular formula is C27H21N3O6. The summed E-state index contributed by atoms with van der Waals surface area (Å²) in [6.07, 6.45) is 0. The Balaban J connectivity index is 1.50. The topological polar surface area (TPSA) is 101 Å². The van der Waals surface area contributed by atoms with Gasteiger partial charge in [-0.3, -0.25) is 4.79 Å². The van der Waals surface area contributed by atoms with Crippen molar-refractivity contribution in [1.29, 1.82) is 0 Å². The highest BCUT2D eigenvalue weighted by molar-refractivity contribution is 6.08. The van der Waals surface area contributed by atoms with Gasteiger partial charge in [-0.25, -0.2) is 9.97 Å². The monoisotopic (exact) mass is 483 g/mol. The van der Waals surface area contributed by atoms with Crippen molar-refractivity contribution in [3.05, 3.63) is 65.2 Å². The van der Waals surface area contributed by atoms with Crippen LogP contribution in [0.1, 0.15) is 22.6 Å². The van der Waals surface area contributed by atoms with Crippen molar-refractivity contribution in [2.75, 3.05) is 27.6 Å². The highest BCUT2D eigenvalue weighted by Gasteiger charge is 2.49. The van der Waals surface area contributed by atoms with Crippen LogP contribution in [0.4, 0.5) is 0 Å². The number of carbonyl (C=O) groups excluding carboxylic acids is 1. The second-order valence-electron chi connectivity index (χ2n) is 9.00. The smallest absolute Gasteiger partial charge is 0.310 e. The first-order valence-corrected chi connectivity index (χ1v) is 11.6. The largest absolute Gasteiger partial charge is 0.494 e. The summed E-state index contributed by atoms with van der Waals surface area (Å²) in [7, 11) is 3.01. The van der Waals surface area contributed by atoms with E-state index in [0.29, 0.717) is 34.0 Å². The first-order chi connectivity index (χ1) is 17.7. The van der Waals surface area contributed by atoms with Gasteiger partial charge in [0.1, 0.15) is 17.9 Å². The number of hydrogen-bond donors (Lipinski definition) is 0. The van der Waals surface area contributed by atoms with Crippen molar-refractivity contribution in [2.24, 2.45) is 17.0 Å². The predicted molar refractivity (Wildman–Crippen MR) is 129 cm³/mol. The van der Waals surface area contributed by atoms with Gasteiger partial charge < -0.3 is 23.8 Å². The Hall–Kier alpha value is -4.40. The Morgan fingerprint density at radius 2 is 1.75 bits per heavy atom. The number of nitrogens with zero attached hydrogens (tertiary/aromatic N) is 3. The maximum atomic E-state index is 13.3. The molecule has 0 N–H and O–H groups in total. The van der Waals surface area contributed by atoms with Crippen molar-refractivity contribution in [3.63, 3.8) is 0 Å². The average molecular weight is 483 g/mol. The summed E-state index contributed by atoms with van der Waals surface area (Å²) >= 11 is 0. The molecule has 4 aromatic rings. The van der Waals surface area contributed by atoms with Crippen LogP contribution in [0.5, 0.6) is 17.2 Å². The van der Waals surface area contributed by atoms with Crippen molar-refractivity contribution in [2.45, 2.75) is 5.92 Å². The number of hydrogen-bond acceptors (Lipinski definition) is 9. The number of rotatable bonds is 3. The Kier molecular flexibility index (Phi) is 4.54. The number of ether oxygens (including phenoxy) is 4. The number of esters is 1. The quantitative estimate of drug-likeness (QED) is 0.320. The van der Waals surface area contributed by atoms with Gasteiger partial charge in [-0.1, -0.05) is 17.3 Å². The molecule has 0 unspecified atom stereocenters. The number of aromatic nitrogens is 2. The molecule has 1 aromatic heterocycles. The van der Waals surface area contributed by atoms with Gasteiger partial charge in [0.15, 0.2) is 11.5 Å². The van der Waals surface area contributed by atoms with E-state index in [1.807, 2.05) is 48.5 Å². The molecule has 0 bridgehead atoms. The molecule has 0 saturated carbocycles. The predicted octanol–water partition coefficient (Wildman–Crippen LogP) is 3.81. The highest BCUT2D eigenvalue weighted by Crippen LogP contribution is 2.50. The molecule has 0 spiro atoms. The van der Waals surface area contributed by atoms with Gasteiger partial charge in [0.2, 0.25) is 6.79 Å². The zero-order valence-corrected chi connectivity index (χ0v) is 19.6. The van der Waals surface area contributed by atoms with E-state index >= 15 is 0 Å². The lowest BCUT2D eigenvalue weighted by atomic mass is 9.65. The van der Waals surface area contributed by atoms with Crippen LogP contribution in [0.3, 0.4) is 0 Å². The van der Waals surface area contributed by atoms with Gasteiger partial charge in [-0.2, -0.15) is 0 Å². The number of fused-ring (bicyclic) bond motifs is 6. The number of oxime groups is 1. The molecular weight excluding hydrogens is 462 g/mol. The summed E-state index contributed by atoms with van der Waals surface area (Å²) in [6, 6.07) is 15.5. The van der Waals surface area contributed by atoms with Crippen molar-refractivity contribution < 1.29 is 28.6 Å². The third-order valence-electron chi connectivity index (χ3n) is 7.20. The second kappa shape index (κ2) is 7.81. The zero-order valence-electron chi connectivity index (χ0n) is 19.6. The third-order valence-corrected chi connectivity index (χ3v) is 7.20. The molecule has 1 aliphatic carbocycles. The summed E-state index contributed by atoms with van der Waals surface area (Å²) in [4.78, 5) is 28.4. The van der Waals surface area contributed by atoms with Crippen LogP contribution >= 0.6 is 0 Å². The Bertz CT molecular complexity index is 1600. The molecule has 0 saturated heterocycles. The van der Waals surface area contributed by atoms with E-state index in [1.54, 1.807) is 7.11 Å². The Labute approximate surface area is 205 Å². The SMILES string of the molecule is COC(=O)[C@@H]1[C@H](c2cc(OC)c3nc4ccccc4nc3c2)c2cc3c(cc2C2=NOC[C@H]21)OCO3. The van der Waals surface area contributed by atoms with Gasteiger partial charge >= 0.3 is 5.97 Å². The van der Waals surface area contributed by atoms with Gasteiger partial charge in [0.25, 0.3) is 0 Å². The maximum Gasteiger partial charge on any atom is 0.310 e. The summed E-state index contributed by atoms with van der Waals surface area (Å²) in [5.74, 6) is 0.271. The Morgan fingerprint density at radius 3 is 2.53 bits per heavy atom. The Morgan fingerprint density at radius 1 is 0.972 bits per heavy atom. The standard InChI is InChI=1S/C27H21N3O6/c1-32-22-8-13(7-19-26(22)29-18-6-4-3-5-17(18)28-19)23-14-9-20-21(35-12-34-20)10-15(14)25-16(11-36-30-25)24(23)27(31)33-2/h3-10,16,23-24H,11-12H2,1-2H3/t16-,23+,24-/m0/s1. The molecule has 3 aromatic carbocycles. The summed E-state index contributed by atoms with van der Waals surface area (Å²) < 4.78 is 22.4. The summed E-state index contributed by atoms with van der Waals surface area (Å²) in [5, 5.41) is 4.30. The molecule has 0 fully saturated rings. The van der Waals surface area contributed by atoms with Crippen LogP contribution in [0.2, 0.25) is 0 Å². The van der Waals surface area contributed by atoms with Gasteiger partial charge in [0, 0.05) is 11.5 Å². The normalized spacial score (nSPS) is 21.5. The third kappa shape index (κ3) is 2.95. The molecule has 7 rings (SSSR count). The fourth-order valence-electron chi connectivity index (χ4n) is 5.59. The highest BCUT2D eigenvalue weighted by atomic mass is 16.7. The number of carbonyl (C=O) groups is 1. The van der Waals surface area contributed by atoms with Crippen LogP contribution < -0.4 is 14.2 Å². The van der Waals surface area contributed by atoms with Crippen molar-refractivity contribution in [3.8, 4) is 17.2 Å². The number of benzene rings is 3. The molecule has 9 nitrogen and oxygen atoms in total. The average Bonchev–Trinajstić information content (AvgIpc) is 3.58. The molecule has 2 aliphatic heterocycles. The van der Waals surface area contributed by atoms with Gasteiger partial charge in [0.05, 0.1) is 48.3 Å². The number of methoxy groups -OCH3 is 2. The second-order valence-corrected chi connectivity index (χ2v) is 9.00. The van der Waals surface area contributed by atoms with E-state index in [4.69, 9.17) is 33.8 Å². The van der Waals surface area contributed by atoms with Crippen molar-refractivity contribution in [1.82, 2.24) is 9.97 Å². The van der Waals surface area contributed by atoms with Crippen LogP contribution in [0, 0.1) is 11.8 Å². The lowest BCUT2D eigenvalue weighted by Gasteiger charge is -2.36. The molecule has 0 radical (unpaired) electrons. The minimum absolute atomic E-state index is 0.141. The maximum absolute atomic E-state index is 13.3. The van der Waals surface area contributed by atoms with Crippen LogP contribution in [0.15, 0.2) is 53.7 Å². The molecule has 3 heterocycles. The van der Waals surface area contributed by atoms with Crippen LogP contribution in [-0.2, 0) is 14.4 Å². The van der Waals surface area contributed by atoms with E-state index in [2.05, 4.69) is 5.16 Å². The van der Waals surface area contributed by atoms with E-state index < -0.39 is 5.92 Å². The summed E-state index contributed by atoms with van der Waals surface area (Å²) in [6.45, 7) is 0.427. The molecule has 3 aliphatic rings. The molecule has 9 heteroatoms. The lowest BCUT2D eigenvalue weighted by molar-refractivity contribution is -0.147. The lowest BCUT2D eigenvalue weighted by Crippen LogP contribution is -2.40. The number of para-hydroxylation sites is 2. The van der Waals surface area contributed by atoms with E-state index in [-0.39, 0.29) is 31.2 Å². The fourth-order valence-corrected chi connectivity index (χ4v) is 5.59. The van der Waals surface area contributed by atoms with Crippen LogP contribution in [0.25, 0.3) is 22.1 Å². The van der Waals surface area contributed by atoms with E-state index in [0.717, 1.165) is 27.7 Å². The first-order valence-electron chi connectivity index (χ1n) is 11.6. The van der Waals surface area contributed by atoms with E-state index in [1.165, 1.54) is 7.11 Å². The molecule has 0 amide bonds. The fraction of sp³-hybridized carbons (Fsp3) is 0.259. The van der Waals surface area contributed by atoms with Crippen LogP contribution in [-0.4, -0.2) is 49.3 Å². The van der Waals surface area contributed by atoms with Gasteiger partial charge in [-0.05, 0) is 47.5 Å². The van der Waals surface area contributed by atoms with Crippen molar-refractivity contribution >= 4 is 33.7 Å². The molecule has 36 heavy (non-hydrogen) atoms. The molecule has 3 atom stereocenters. The first kappa shape index (κ1) is 20.9. The van der Waals surface area contributed by atoms with Gasteiger partial charge in [-0.15, -0.1) is 0 Å².